The van der Waals surface area contributed by atoms with Crippen LogP contribution in [0.15, 0.2) is 36.4 Å². The van der Waals surface area contributed by atoms with E-state index in [2.05, 4.69) is 10.6 Å². The van der Waals surface area contributed by atoms with E-state index in [1.54, 1.807) is 25.3 Å². The van der Waals surface area contributed by atoms with Crippen LogP contribution in [-0.2, 0) is 9.59 Å². The van der Waals surface area contributed by atoms with Gasteiger partial charge in [0.1, 0.15) is 16.9 Å². The van der Waals surface area contributed by atoms with Gasteiger partial charge >= 0.3 is 0 Å². The number of anilines is 2. The average Bonchev–Trinajstić information content (AvgIpc) is 3.46. The number of hydrogen-bond donors (Lipinski definition) is 2. The van der Waals surface area contributed by atoms with E-state index in [-0.39, 0.29) is 11.8 Å². The van der Waals surface area contributed by atoms with Gasteiger partial charge in [-0.3, -0.25) is 9.59 Å². The van der Waals surface area contributed by atoms with Gasteiger partial charge in [-0.15, -0.1) is 0 Å². The normalized spacial score (nSPS) is 14.2. The van der Waals surface area contributed by atoms with E-state index in [4.69, 9.17) is 9.47 Å². The van der Waals surface area contributed by atoms with Crippen LogP contribution in [0, 0.1) is 19.3 Å². The minimum Gasteiger partial charge on any atom is -0.497 e. The van der Waals surface area contributed by atoms with Gasteiger partial charge in [-0.25, -0.2) is 0 Å². The summed E-state index contributed by atoms with van der Waals surface area (Å²) in [6.07, 6.45) is 1.04. The molecule has 0 heterocycles. The second-order valence-electron chi connectivity index (χ2n) is 6.87. The first kappa shape index (κ1) is 18.8. The van der Waals surface area contributed by atoms with Crippen LogP contribution in [0.25, 0.3) is 0 Å². The zero-order valence-corrected chi connectivity index (χ0v) is 16.0. The Labute approximate surface area is 158 Å². The van der Waals surface area contributed by atoms with Crippen molar-refractivity contribution in [3.63, 3.8) is 0 Å². The third-order valence-electron chi connectivity index (χ3n) is 4.91. The van der Waals surface area contributed by atoms with Gasteiger partial charge in [0.05, 0.1) is 19.9 Å². The molecule has 6 nitrogen and oxygen atoms in total. The number of amides is 2. The van der Waals surface area contributed by atoms with Crippen molar-refractivity contribution < 1.29 is 19.1 Å². The van der Waals surface area contributed by atoms with Crippen LogP contribution >= 0.6 is 0 Å². The fraction of sp³-hybridized carbons (Fsp3) is 0.333. The van der Waals surface area contributed by atoms with Crippen molar-refractivity contribution in [2.24, 2.45) is 5.41 Å². The lowest BCUT2D eigenvalue weighted by Gasteiger charge is -2.18. The molecule has 0 aliphatic heterocycles. The first-order chi connectivity index (χ1) is 12.9. The van der Waals surface area contributed by atoms with Gasteiger partial charge in [-0.1, -0.05) is 17.7 Å². The van der Waals surface area contributed by atoms with Gasteiger partial charge in [0.15, 0.2) is 0 Å². The topological polar surface area (TPSA) is 76.7 Å². The molecule has 1 aliphatic rings. The van der Waals surface area contributed by atoms with Crippen molar-refractivity contribution in [2.45, 2.75) is 26.7 Å². The van der Waals surface area contributed by atoms with Crippen molar-refractivity contribution >= 4 is 23.2 Å². The van der Waals surface area contributed by atoms with E-state index in [1.165, 1.54) is 7.11 Å². The van der Waals surface area contributed by atoms with Crippen LogP contribution in [0.1, 0.15) is 24.0 Å². The number of benzene rings is 2. The predicted molar refractivity (Wildman–Crippen MR) is 104 cm³/mol. The van der Waals surface area contributed by atoms with E-state index in [1.807, 2.05) is 32.0 Å². The Morgan fingerprint density at radius 1 is 0.889 bits per heavy atom. The molecule has 0 bridgehead atoms. The molecule has 0 saturated heterocycles. The lowest BCUT2D eigenvalue weighted by molar-refractivity contribution is -0.131. The summed E-state index contributed by atoms with van der Waals surface area (Å²) < 4.78 is 10.5. The SMILES string of the molecule is COc1ccc(NC(=O)C2(C(=O)Nc3ccc(C)cc3C)CC2)c(OC)c1. The Balaban J connectivity index is 1.75. The van der Waals surface area contributed by atoms with E-state index in [0.717, 1.165) is 16.8 Å². The molecule has 2 amide bonds. The molecule has 3 rings (SSSR count). The molecule has 2 aromatic carbocycles. The number of rotatable bonds is 6. The van der Waals surface area contributed by atoms with Gasteiger partial charge in [-0.05, 0) is 50.5 Å². The summed E-state index contributed by atoms with van der Waals surface area (Å²) in [7, 11) is 3.08. The van der Waals surface area contributed by atoms with Gasteiger partial charge in [-0.2, -0.15) is 0 Å². The van der Waals surface area contributed by atoms with Gasteiger partial charge < -0.3 is 20.1 Å². The standard InChI is InChI=1S/C21H24N2O4/c1-13-5-7-16(14(2)11-13)22-19(24)21(9-10-21)20(25)23-17-8-6-15(26-3)12-18(17)27-4/h5-8,11-12H,9-10H2,1-4H3,(H,22,24)(H,23,25). The summed E-state index contributed by atoms with van der Waals surface area (Å²) in [5, 5.41) is 5.73. The first-order valence-corrected chi connectivity index (χ1v) is 8.82. The van der Waals surface area contributed by atoms with E-state index < -0.39 is 5.41 Å². The smallest absolute Gasteiger partial charge is 0.240 e. The maximum absolute atomic E-state index is 12.8. The van der Waals surface area contributed by atoms with Crippen LogP contribution in [0.3, 0.4) is 0 Å². The van der Waals surface area contributed by atoms with Crippen molar-refractivity contribution in [1.82, 2.24) is 0 Å². The number of ether oxygens (including phenoxy) is 2. The molecule has 6 heteroatoms. The van der Waals surface area contributed by atoms with Crippen molar-refractivity contribution in [1.29, 1.82) is 0 Å². The molecule has 142 valence electrons. The molecule has 1 fully saturated rings. The summed E-state index contributed by atoms with van der Waals surface area (Å²) in [4.78, 5) is 25.6. The summed E-state index contributed by atoms with van der Waals surface area (Å²) >= 11 is 0. The van der Waals surface area contributed by atoms with Crippen LogP contribution in [0.5, 0.6) is 11.5 Å². The molecule has 1 saturated carbocycles. The highest BCUT2D eigenvalue weighted by atomic mass is 16.5. The van der Waals surface area contributed by atoms with Crippen molar-refractivity contribution in [2.75, 3.05) is 24.9 Å². The first-order valence-electron chi connectivity index (χ1n) is 8.82. The number of carbonyl (C=O) groups is 2. The molecule has 1 aliphatic carbocycles. The molecule has 0 aromatic heterocycles. The Hall–Kier alpha value is -3.02. The minimum absolute atomic E-state index is 0.278. The molecule has 27 heavy (non-hydrogen) atoms. The Morgan fingerprint density at radius 2 is 1.52 bits per heavy atom. The average molecular weight is 368 g/mol. The molecule has 2 N–H and O–H groups in total. The molecule has 2 aromatic rings. The fourth-order valence-corrected chi connectivity index (χ4v) is 3.02. The Morgan fingerprint density at radius 3 is 2.07 bits per heavy atom. The number of nitrogens with one attached hydrogen (secondary N) is 2. The molecule has 0 radical (unpaired) electrons. The summed E-state index contributed by atoms with van der Waals surface area (Å²) in [5.41, 5.74) is 2.29. The van der Waals surface area contributed by atoms with Gasteiger partial charge in [0.25, 0.3) is 0 Å². The molecular weight excluding hydrogens is 344 g/mol. The van der Waals surface area contributed by atoms with Crippen molar-refractivity contribution in [3.05, 3.63) is 47.5 Å². The van der Waals surface area contributed by atoms with Crippen LogP contribution in [-0.4, -0.2) is 26.0 Å². The third-order valence-corrected chi connectivity index (χ3v) is 4.91. The maximum atomic E-state index is 12.8. The van der Waals surface area contributed by atoms with Gasteiger partial charge in [0, 0.05) is 11.8 Å². The second kappa shape index (κ2) is 7.31. The Bertz CT molecular complexity index is 888. The molecular formula is C21H24N2O4. The monoisotopic (exact) mass is 368 g/mol. The van der Waals surface area contributed by atoms with Crippen LogP contribution in [0.2, 0.25) is 0 Å². The summed E-state index contributed by atoms with van der Waals surface area (Å²) in [5.74, 6) is 0.500. The zero-order valence-electron chi connectivity index (χ0n) is 16.0. The quantitative estimate of drug-likeness (QED) is 0.763. The zero-order chi connectivity index (χ0) is 19.6. The highest BCUT2D eigenvalue weighted by Gasteiger charge is 2.56. The molecule has 0 spiro atoms. The van der Waals surface area contributed by atoms with E-state index in [9.17, 15) is 9.59 Å². The number of hydrogen-bond acceptors (Lipinski definition) is 4. The summed E-state index contributed by atoms with van der Waals surface area (Å²) in [6, 6.07) is 10.9. The lowest BCUT2D eigenvalue weighted by Crippen LogP contribution is -2.35. The highest BCUT2D eigenvalue weighted by molar-refractivity contribution is 6.17. The van der Waals surface area contributed by atoms with Gasteiger partial charge in [0.2, 0.25) is 11.8 Å². The molecule has 0 atom stereocenters. The summed E-state index contributed by atoms with van der Waals surface area (Å²) in [6.45, 7) is 3.93. The number of methoxy groups -OCH3 is 2. The third kappa shape index (κ3) is 3.74. The van der Waals surface area contributed by atoms with E-state index >= 15 is 0 Å². The number of carbonyl (C=O) groups excluding carboxylic acids is 2. The largest absolute Gasteiger partial charge is 0.497 e. The second-order valence-corrected chi connectivity index (χ2v) is 6.87. The fourth-order valence-electron chi connectivity index (χ4n) is 3.02. The van der Waals surface area contributed by atoms with E-state index in [0.29, 0.717) is 30.0 Å². The molecule has 0 unspecified atom stereocenters. The Kier molecular flexibility index (Phi) is 5.08. The van der Waals surface area contributed by atoms with Crippen LogP contribution < -0.4 is 20.1 Å². The van der Waals surface area contributed by atoms with Crippen LogP contribution in [0.4, 0.5) is 11.4 Å². The highest BCUT2D eigenvalue weighted by Crippen LogP contribution is 2.48. The predicted octanol–water partition coefficient (Wildman–Crippen LogP) is 3.68. The lowest BCUT2D eigenvalue weighted by atomic mass is 10.0. The number of aryl methyl sites for hydroxylation is 2. The van der Waals surface area contributed by atoms with Crippen molar-refractivity contribution in [3.8, 4) is 11.5 Å². The minimum atomic E-state index is -1.04. The maximum Gasteiger partial charge on any atom is 0.240 e.